The van der Waals surface area contributed by atoms with Crippen molar-refractivity contribution < 1.29 is 9.59 Å². The van der Waals surface area contributed by atoms with E-state index in [-0.39, 0.29) is 23.4 Å². The minimum Gasteiger partial charge on any atom is -0.339 e. The molecule has 3 aliphatic heterocycles. The van der Waals surface area contributed by atoms with Crippen molar-refractivity contribution in [1.29, 1.82) is 0 Å². The van der Waals surface area contributed by atoms with Crippen molar-refractivity contribution in [1.82, 2.24) is 14.8 Å². The molecule has 3 saturated heterocycles. The third-order valence-electron chi connectivity index (χ3n) is 6.51. The van der Waals surface area contributed by atoms with Crippen LogP contribution in [0.3, 0.4) is 0 Å². The first-order valence-electron chi connectivity index (χ1n) is 9.81. The highest BCUT2D eigenvalue weighted by Crippen LogP contribution is 2.38. The number of benzene rings is 1. The van der Waals surface area contributed by atoms with Gasteiger partial charge in [0.15, 0.2) is 0 Å². The van der Waals surface area contributed by atoms with Gasteiger partial charge >= 0.3 is 0 Å². The Morgan fingerprint density at radius 3 is 2.74 bits per heavy atom. The maximum Gasteiger partial charge on any atom is 0.255 e. The summed E-state index contributed by atoms with van der Waals surface area (Å²) in [5, 5.41) is 1.25. The number of pyridine rings is 1. The van der Waals surface area contributed by atoms with Crippen molar-refractivity contribution in [3.05, 3.63) is 46.4 Å². The average molecular weight is 365 g/mol. The molecule has 3 fully saturated rings. The highest BCUT2D eigenvalue weighted by atomic mass is 16.2. The predicted octanol–water partition coefficient (Wildman–Crippen LogP) is 2.00. The number of amides is 2. The fourth-order valence-electron chi connectivity index (χ4n) is 5.33. The number of carbonyl (C=O) groups is 2. The summed E-state index contributed by atoms with van der Waals surface area (Å²) >= 11 is 0. The molecule has 2 amide bonds. The SMILES string of the molecule is O=C(c1c[nH]c(=O)c2ccccc12)N1C[C@H]2C[C@@H](C1)[C@H]1CCCC(=O)N1C2. The molecule has 1 aromatic heterocycles. The van der Waals surface area contributed by atoms with Crippen LogP contribution >= 0.6 is 0 Å². The van der Waals surface area contributed by atoms with Crippen LogP contribution in [-0.2, 0) is 4.79 Å². The first-order valence-corrected chi connectivity index (χ1v) is 9.81. The van der Waals surface area contributed by atoms with Crippen LogP contribution in [0.2, 0.25) is 0 Å². The minimum atomic E-state index is -0.172. The van der Waals surface area contributed by atoms with Crippen LogP contribution in [0.1, 0.15) is 36.0 Å². The van der Waals surface area contributed by atoms with Gasteiger partial charge in [0.05, 0.1) is 5.56 Å². The van der Waals surface area contributed by atoms with Gasteiger partial charge in [0.1, 0.15) is 0 Å². The summed E-state index contributed by atoms with van der Waals surface area (Å²) in [7, 11) is 0. The lowest BCUT2D eigenvalue weighted by molar-refractivity contribution is -0.144. The molecular weight excluding hydrogens is 342 g/mol. The van der Waals surface area contributed by atoms with E-state index < -0.39 is 0 Å². The van der Waals surface area contributed by atoms with Gasteiger partial charge in [-0.05, 0) is 37.2 Å². The molecule has 5 rings (SSSR count). The molecule has 2 aromatic rings. The zero-order valence-corrected chi connectivity index (χ0v) is 15.2. The topological polar surface area (TPSA) is 73.5 Å². The Bertz CT molecular complexity index is 982. The van der Waals surface area contributed by atoms with Crippen molar-refractivity contribution >= 4 is 22.6 Å². The molecule has 2 bridgehead atoms. The number of nitrogens with zero attached hydrogens (tertiary/aromatic N) is 2. The molecule has 4 heterocycles. The van der Waals surface area contributed by atoms with Gasteiger partial charge in [0, 0.05) is 49.1 Å². The molecule has 3 aliphatic rings. The molecule has 0 unspecified atom stereocenters. The van der Waals surface area contributed by atoms with Crippen LogP contribution in [0, 0.1) is 11.8 Å². The Morgan fingerprint density at radius 2 is 1.89 bits per heavy atom. The van der Waals surface area contributed by atoms with E-state index in [1.165, 1.54) is 0 Å². The van der Waals surface area contributed by atoms with E-state index in [1.54, 1.807) is 12.3 Å². The summed E-state index contributed by atoms with van der Waals surface area (Å²) in [6.07, 6.45) is 5.33. The fourth-order valence-corrected chi connectivity index (χ4v) is 5.33. The summed E-state index contributed by atoms with van der Waals surface area (Å²) in [5.74, 6) is 0.972. The Morgan fingerprint density at radius 1 is 1.07 bits per heavy atom. The number of rotatable bonds is 1. The van der Waals surface area contributed by atoms with Crippen molar-refractivity contribution in [3.63, 3.8) is 0 Å². The lowest BCUT2D eigenvalue weighted by Crippen LogP contribution is -2.61. The van der Waals surface area contributed by atoms with Crippen LogP contribution in [0.25, 0.3) is 10.8 Å². The molecule has 0 radical (unpaired) electrons. The number of fused-ring (bicyclic) bond motifs is 5. The normalized spacial score (nSPS) is 27.6. The fraction of sp³-hybridized carbons (Fsp3) is 0.476. The summed E-state index contributed by atoms with van der Waals surface area (Å²) < 4.78 is 0. The number of carbonyl (C=O) groups excluding carboxylic acids is 2. The first kappa shape index (κ1) is 16.5. The molecule has 6 nitrogen and oxygen atoms in total. The minimum absolute atomic E-state index is 0.0206. The molecule has 3 atom stereocenters. The summed E-state index contributed by atoms with van der Waals surface area (Å²) in [4.78, 5) is 44.4. The molecular formula is C21H23N3O3. The first-order chi connectivity index (χ1) is 13.1. The number of aromatic nitrogens is 1. The van der Waals surface area contributed by atoms with Crippen LogP contribution in [0.5, 0.6) is 0 Å². The van der Waals surface area contributed by atoms with Gasteiger partial charge in [-0.15, -0.1) is 0 Å². The highest BCUT2D eigenvalue weighted by molar-refractivity contribution is 6.06. The largest absolute Gasteiger partial charge is 0.339 e. The van der Waals surface area contributed by atoms with Gasteiger partial charge in [-0.3, -0.25) is 14.4 Å². The van der Waals surface area contributed by atoms with Gasteiger partial charge in [-0.2, -0.15) is 0 Å². The second kappa shape index (κ2) is 6.22. The van der Waals surface area contributed by atoms with Crippen molar-refractivity contribution in [2.75, 3.05) is 19.6 Å². The lowest BCUT2D eigenvalue weighted by atomic mass is 9.76. The standard InChI is InChI=1S/C21H23N3O3/c25-19-7-3-6-18-14-8-13(11-24(18)19)10-23(12-14)21(27)17-9-22-20(26)16-5-2-1-4-15(16)17/h1-2,4-5,9,13-14,18H,3,6-8,10-12H2,(H,22,26)/t13-,14+,18-/m1/s1. The quantitative estimate of drug-likeness (QED) is 0.840. The van der Waals surface area contributed by atoms with Crippen molar-refractivity contribution in [2.24, 2.45) is 11.8 Å². The number of likely N-dealkylation sites (tertiary alicyclic amines) is 1. The molecule has 0 saturated carbocycles. The zero-order valence-electron chi connectivity index (χ0n) is 15.2. The Balaban J connectivity index is 1.45. The monoisotopic (exact) mass is 365 g/mol. The van der Waals surface area contributed by atoms with Crippen molar-refractivity contribution in [3.8, 4) is 0 Å². The predicted molar refractivity (Wildman–Crippen MR) is 101 cm³/mol. The van der Waals surface area contributed by atoms with E-state index >= 15 is 0 Å². The number of aromatic amines is 1. The smallest absolute Gasteiger partial charge is 0.255 e. The molecule has 27 heavy (non-hydrogen) atoms. The zero-order chi connectivity index (χ0) is 18.5. The average Bonchev–Trinajstić information content (AvgIpc) is 2.69. The molecule has 140 valence electrons. The number of H-pyrrole nitrogens is 1. The second-order valence-electron chi connectivity index (χ2n) is 8.15. The molecule has 0 spiro atoms. The van der Waals surface area contributed by atoms with Crippen LogP contribution in [0.15, 0.2) is 35.3 Å². The number of piperidine rings is 3. The molecule has 1 aromatic carbocycles. The Labute approximate surface area is 157 Å². The summed E-state index contributed by atoms with van der Waals surface area (Å²) in [6.45, 7) is 2.15. The van der Waals surface area contributed by atoms with Crippen LogP contribution < -0.4 is 5.56 Å². The van der Waals surface area contributed by atoms with Gasteiger partial charge in [-0.25, -0.2) is 0 Å². The van der Waals surface area contributed by atoms with Gasteiger partial charge < -0.3 is 14.8 Å². The number of nitrogens with one attached hydrogen (secondary N) is 1. The van der Waals surface area contributed by atoms with E-state index in [0.717, 1.165) is 25.8 Å². The number of hydrogen-bond donors (Lipinski definition) is 1. The Kier molecular flexibility index (Phi) is 3.81. The lowest BCUT2D eigenvalue weighted by Gasteiger charge is -2.52. The van der Waals surface area contributed by atoms with E-state index in [1.807, 2.05) is 23.1 Å². The molecule has 1 N–H and O–H groups in total. The van der Waals surface area contributed by atoms with Crippen molar-refractivity contribution in [2.45, 2.75) is 31.7 Å². The van der Waals surface area contributed by atoms with E-state index in [9.17, 15) is 14.4 Å². The van der Waals surface area contributed by atoms with E-state index in [0.29, 0.717) is 47.7 Å². The number of hydrogen-bond acceptors (Lipinski definition) is 3. The van der Waals surface area contributed by atoms with Gasteiger partial charge in [-0.1, -0.05) is 18.2 Å². The van der Waals surface area contributed by atoms with Gasteiger partial charge in [0.2, 0.25) is 5.91 Å². The van der Waals surface area contributed by atoms with E-state index in [4.69, 9.17) is 0 Å². The van der Waals surface area contributed by atoms with E-state index in [2.05, 4.69) is 9.88 Å². The molecule has 0 aliphatic carbocycles. The van der Waals surface area contributed by atoms with Gasteiger partial charge in [0.25, 0.3) is 11.5 Å². The summed E-state index contributed by atoms with van der Waals surface area (Å²) in [6, 6.07) is 7.54. The van der Waals surface area contributed by atoms with Crippen LogP contribution in [0.4, 0.5) is 0 Å². The Hall–Kier alpha value is -2.63. The maximum absolute atomic E-state index is 13.3. The maximum atomic E-state index is 13.3. The van der Waals surface area contributed by atoms with Crippen LogP contribution in [-0.4, -0.2) is 52.3 Å². The second-order valence-corrected chi connectivity index (χ2v) is 8.15. The third kappa shape index (κ3) is 2.66. The highest BCUT2D eigenvalue weighted by Gasteiger charge is 2.44. The third-order valence-corrected chi connectivity index (χ3v) is 6.51. The molecule has 6 heteroatoms. The summed E-state index contributed by atoms with van der Waals surface area (Å²) in [5.41, 5.74) is 0.385.